The molecule has 0 aromatic heterocycles. The molecule has 0 aromatic rings. The topological polar surface area (TPSA) is 76.1 Å². The maximum Gasteiger partial charge on any atom is 0.306 e. The van der Waals surface area contributed by atoms with Crippen LogP contribution in [-0.2, 0) is 19.1 Å². The van der Waals surface area contributed by atoms with E-state index in [1.807, 2.05) is 4.90 Å². The molecular weight excluding hydrogens is 274 g/mol. The van der Waals surface area contributed by atoms with Crippen molar-refractivity contribution in [1.82, 2.24) is 4.90 Å². The minimum atomic E-state index is -0.727. The summed E-state index contributed by atoms with van der Waals surface area (Å²) < 4.78 is 10.6. The van der Waals surface area contributed by atoms with Crippen LogP contribution in [0.5, 0.6) is 0 Å². The van der Waals surface area contributed by atoms with E-state index in [2.05, 4.69) is 0 Å². The van der Waals surface area contributed by atoms with Crippen LogP contribution >= 0.6 is 0 Å². The van der Waals surface area contributed by atoms with Gasteiger partial charge in [0.15, 0.2) is 0 Å². The Labute approximate surface area is 125 Å². The number of carbonyl (C=O) groups excluding carboxylic acids is 1. The van der Waals surface area contributed by atoms with Gasteiger partial charge in [0.1, 0.15) is 0 Å². The minimum absolute atomic E-state index is 0.00930. The summed E-state index contributed by atoms with van der Waals surface area (Å²) in [5, 5.41) is 8.96. The number of rotatable bonds is 7. The Bertz CT molecular complexity index is 359. The van der Waals surface area contributed by atoms with E-state index in [1.165, 1.54) is 0 Å². The summed E-state index contributed by atoms with van der Waals surface area (Å²) >= 11 is 0. The third kappa shape index (κ3) is 4.41. The van der Waals surface area contributed by atoms with Crippen LogP contribution in [0.3, 0.4) is 0 Å². The molecule has 0 bridgehead atoms. The van der Waals surface area contributed by atoms with E-state index in [4.69, 9.17) is 14.6 Å². The first-order valence-corrected chi connectivity index (χ1v) is 7.74. The predicted octanol–water partition coefficient (Wildman–Crippen LogP) is 1.14. The fourth-order valence-electron chi connectivity index (χ4n) is 3.02. The SMILES string of the molecule is COCCCOC1CN(C(=O)C2CCC(C(=O)O)CC2)C1. The van der Waals surface area contributed by atoms with Gasteiger partial charge in [0.2, 0.25) is 5.91 Å². The zero-order valence-corrected chi connectivity index (χ0v) is 12.6. The second kappa shape index (κ2) is 7.75. The van der Waals surface area contributed by atoms with Gasteiger partial charge in [-0.1, -0.05) is 0 Å². The van der Waals surface area contributed by atoms with Crippen molar-refractivity contribution in [3.63, 3.8) is 0 Å². The maximum atomic E-state index is 12.3. The lowest BCUT2D eigenvalue weighted by Crippen LogP contribution is -2.56. The van der Waals surface area contributed by atoms with E-state index in [9.17, 15) is 9.59 Å². The molecule has 0 spiro atoms. The Kier molecular flexibility index (Phi) is 5.99. The monoisotopic (exact) mass is 299 g/mol. The van der Waals surface area contributed by atoms with Crippen LogP contribution in [0, 0.1) is 11.8 Å². The first-order valence-electron chi connectivity index (χ1n) is 7.74. The van der Waals surface area contributed by atoms with Gasteiger partial charge in [-0.05, 0) is 32.1 Å². The lowest BCUT2D eigenvalue weighted by molar-refractivity contribution is -0.153. The third-order valence-corrected chi connectivity index (χ3v) is 4.43. The Morgan fingerprint density at radius 1 is 1.10 bits per heavy atom. The average molecular weight is 299 g/mol. The smallest absolute Gasteiger partial charge is 0.306 e. The fraction of sp³-hybridized carbons (Fsp3) is 0.867. The summed E-state index contributed by atoms with van der Waals surface area (Å²) in [7, 11) is 1.67. The number of amides is 1. The molecular formula is C15H25NO5. The van der Waals surface area contributed by atoms with Crippen LogP contribution in [0.2, 0.25) is 0 Å². The van der Waals surface area contributed by atoms with Crippen LogP contribution in [-0.4, -0.2) is 61.4 Å². The molecule has 0 aromatic carbocycles. The van der Waals surface area contributed by atoms with Crippen molar-refractivity contribution in [2.45, 2.75) is 38.2 Å². The van der Waals surface area contributed by atoms with Gasteiger partial charge in [0.25, 0.3) is 0 Å². The molecule has 120 valence electrons. The van der Waals surface area contributed by atoms with Gasteiger partial charge in [0.05, 0.1) is 12.0 Å². The van der Waals surface area contributed by atoms with Crippen molar-refractivity contribution >= 4 is 11.9 Å². The molecule has 1 heterocycles. The van der Waals surface area contributed by atoms with Gasteiger partial charge >= 0.3 is 5.97 Å². The van der Waals surface area contributed by atoms with E-state index >= 15 is 0 Å². The van der Waals surface area contributed by atoms with Crippen LogP contribution in [0.1, 0.15) is 32.1 Å². The first kappa shape index (κ1) is 16.2. The van der Waals surface area contributed by atoms with Crippen LogP contribution < -0.4 is 0 Å². The zero-order chi connectivity index (χ0) is 15.2. The number of ether oxygens (including phenoxy) is 2. The standard InChI is InChI=1S/C15H25NO5/c1-20-7-2-8-21-13-9-16(10-13)14(17)11-3-5-12(6-4-11)15(18)19/h11-13H,2-10H2,1H3,(H,18,19). The minimum Gasteiger partial charge on any atom is -0.481 e. The molecule has 0 atom stereocenters. The number of methoxy groups -OCH3 is 1. The molecule has 1 aliphatic heterocycles. The molecule has 1 aliphatic carbocycles. The number of carboxylic acids is 1. The van der Waals surface area contributed by atoms with Crippen molar-refractivity contribution in [1.29, 1.82) is 0 Å². The molecule has 6 nitrogen and oxygen atoms in total. The number of likely N-dealkylation sites (tertiary alicyclic amines) is 1. The molecule has 1 N–H and O–H groups in total. The zero-order valence-electron chi connectivity index (χ0n) is 12.6. The van der Waals surface area contributed by atoms with E-state index < -0.39 is 5.97 Å². The Balaban J connectivity index is 1.62. The molecule has 0 radical (unpaired) electrons. The Hall–Kier alpha value is -1.14. The summed E-state index contributed by atoms with van der Waals surface area (Å²) in [6.45, 7) is 2.71. The van der Waals surface area contributed by atoms with Crippen molar-refractivity contribution in [2.24, 2.45) is 11.8 Å². The number of nitrogens with zero attached hydrogens (tertiary/aromatic N) is 1. The van der Waals surface area contributed by atoms with Gasteiger partial charge in [0, 0.05) is 39.3 Å². The van der Waals surface area contributed by atoms with Gasteiger partial charge < -0.3 is 19.5 Å². The molecule has 21 heavy (non-hydrogen) atoms. The average Bonchev–Trinajstić information content (AvgIpc) is 2.44. The molecule has 6 heteroatoms. The fourth-order valence-corrected chi connectivity index (χ4v) is 3.02. The van der Waals surface area contributed by atoms with E-state index in [0.29, 0.717) is 52.0 Å². The number of carbonyl (C=O) groups is 2. The molecule has 1 saturated heterocycles. The highest BCUT2D eigenvalue weighted by atomic mass is 16.5. The van der Waals surface area contributed by atoms with E-state index in [-0.39, 0.29) is 23.8 Å². The predicted molar refractivity (Wildman–Crippen MR) is 75.9 cm³/mol. The van der Waals surface area contributed by atoms with Gasteiger partial charge in [-0.25, -0.2) is 0 Å². The van der Waals surface area contributed by atoms with Crippen molar-refractivity contribution in [3.8, 4) is 0 Å². The highest BCUT2D eigenvalue weighted by Crippen LogP contribution is 2.31. The summed E-state index contributed by atoms with van der Waals surface area (Å²) in [5.74, 6) is -0.803. The largest absolute Gasteiger partial charge is 0.481 e. The molecule has 2 rings (SSSR count). The highest BCUT2D eigenvalue weighted by molar-refractivity contribution is 5.80. The quantitative estimate of drug-likeness (QED) is 0.713. The molecule has 1 amide bonds. The van der Waals surface area contributed by atoms with E-state index in [0.717, 1.165) is 6.42 Å². The lowest BCUT2D eigenvalue weighted by Gasteiger charge is -2.41. The van der Waals surface area contributed by atoms with E-state index in [1.54, 1.807) is 7.11 Å². The van der Waals surface area contributed by atoms with Crippen molar-refractivity contribution in [3.05, 3.63) is 0 Å². The van der Waals surface area contributed by atoms with Crippen molar-refractivity contribution < 1.29 is 24.2 Å². The van der Waals surface area contributed by atoms with Crippen LogP contribution in [0.15, 0.2) is 0 Å². The highest BCUT2D eigenvalue weighted by Gasteiger charge is 2.37. The Morgan fingerprint density at radius 2 is 1.71 bits per heavy atom. The number of hydrogen-bond donors (Lipinski definition) is 1. The molecule has 0 unspecified atom stereocenters. The number of carboxylic acid groups (broad SMARTS) is 1. The van der Waals surface area contributed by atoms with Crippen LogP contribution in [0.25, 0.3) is 0 Å². The number of aliphatic carboxylic acids is 1. The second-order valence-electron chi connectivity index (χ2n) is 5.97. The first-order chi connectivity index (χ1) is 10.1. The summed E-state index contributed by atoms with van der Waals surface area (Å²) in [6, 6.07) is 0. The molecule has 2 aliphatic rings. The maximum absolute atomic E-state index is 12.3. The molecule has 1 saturated carbocycles. The molecule has 2 fully saturated rings. The van der Waals surface area contributed by atoms with Crippen molar-refractivity contribution in [2.75, 3.05) is 33.4 Å². The lowest BCUT2D eigenvalue weighted by atomic mass is 9.81. The third-order valence-electron chi connectivity index (χ3n) is 4.43. The Morgan fingerprint density at radius 3 is 2.29 bits per heavy atom. The summed E-state index contributed by atoms with van der Waals surface area (Å²) in [5.41, 5.74) is 0. The van der Waals surface area contributed by atoms with Gasteiger partial charge in [-0.2, -0.15) is 0 Å². The van der Waals surface area contributed by atoms with Gasteiger partial charge in [-0.15, -0.1) is 0 Å². The van der Waals surface area contributed by atoms with Gasteiger partial charge in [-0.3, -0.25) is 9.59 Å². The summed E-state index contributed by atoms with van der Waals surface area (Å²) in [4.78, 5) is 25.0. The second-order valence-corrected chi connectivity index (χ2v) is 5.97. The number of hydrogen-bond acceptors (Lipinski definition) is 4. The van der Waals surface area contributed by atoms with Crippen LogP contribution in [0.4, 0.5) is 0 Å². The summed E-state index contributed by atoms with van der Waals surface area (Å²) in [6.07, 6.45) is 3.67. The normalized spacial score (nSPS) is 26.4.